The molecule has 11 nitrogen and oxygen atoms in total. The molecule has 4 aromatic rings. The summed E-state index contributed by atoms with van der Waals surface area (Å²) in [5, 5.41) is 16.3. The molecule has 4 saturated heterocycles. The van der Waals surface area contributed by atoms with Crippen LogP contribution in [-0.4, -0.2) is 105 Å². The Labute approximate surface area is 252 Å². The van der Waals surface area contributed by atoms with Crippen LogP contribution in [0.4, 0.5) is 5.82 Å². The number of nitrogens with zero attached hydrogens (tertiary/aromatic N) is 7. The highest BCUT2D eigenvalue weighted by atomic mass is 16.5. The normalized spacial score (nSPS) is 22.1. The van der Waals surface area contributed by atoms with Gasteiger partial charge in [-0.15, -0.1) is 0 Å². The van der Waals surface area contributed by atoms with Gasteiger partial charge in [0.2, 0.25) is 5.88 Å². The molecule has 0 aromatic carbocycles. The Morgan fingerprint density at radius 1 is 1.14 bits per heavy atom. The van der Waals surface area contributed by atoms with E-state index in [9.17, 15) is 5.26 Å². The standard InChI is InChI=1S/C30H30B2N8O3/c1-41-28-5-3-21(13-36-28)30(31,32)40-22-8-23(40)16-38(15-22)27-4-2-19(11-35-27)26-9-24(43-18-25-14-34-6-7-42-25)17-39-29(26)20(10-33)12-37-39/h2-5,9,11-13,17,22-23,25,34H,6-8,14-16,18H2,1H3. The number of pyridine rings is 3. The van der Waals surface area contributed by atoms with Crippen molar-refractivity contribution in [2.45, 2.75) is 29.9 Å². The summed E-state index contributed by atoms with van der Waals surface area (Å²) < 4.78 is 18.7. The lowest BCUT2D eigenvalue weighted by molar-refractivity contribution is -0.0304. The van der Waals surface area contributed by atoms with Gasteiger partial charge in [-0.3, -0.25) is 0 Å². The van der Waals surface area contributed by atoms with E-state index in [0.717, 1.165) is 55.1 Å². The number of anilines is 1. The number of hydrogen-bond acceptors (Lipinski definition) is 10. The highest BCUT2D eigenvalue weighted by Crippen LogP contribution is 2.41. The molecule has 8 rings (SSSR count). The third-order valence-corrected chi connectivity index (χ3v) is 8.56. The van der Waals surface area contributed by atoms with Crippen LogP contribution in [0.5, 0.6) is 11.6 Å². The smallest absolute Gasteiger partial charge is 0.212 e. The Morgan fingerprint density at radius 2 is 2.00 bits per heavy atom. The quantitative estimate of drug-likeness (QED) is 0.312. The summed E-state index contributed by atoms with van der Waals surface area (Å²) in [5.74, 6) is 2.04. The molecule has 4 aliphatic rings. The second-order valence-electron chi connectivity index (χ2n) is 11.2. The molecule has 0 amide bonds. The number of fused-ring (bicyclic) bond motifs is 3. The van der Waals surface area contributed by atoms with E-state index in [1.165, 1.54) is 0 Å². The average Bonchev–Trinajstić information content (AvgIpc) is 3.47. The van der Waals surface area contributed by atoms with E-state index >= 15 is 0 Å². The number of hydrogen-bond donors (Lipinski definition) is 1. The van der Waals surface area contributed by atoms with Gasteiger partial charge < -0.3 is 29.3 Å². The van der Waals surface area contributed by atoms with Gasteiger partial charge in [0, 0.05) is 67.8 Å². The second kappa shape index (κ2) is 11.2. The number of rotatable bonds is 8. The molecule has 0 spiro atoms. The molecule has 214 valence electrons. The van der Waals surface area contributed by atoms with Gasteiger partial charge in [0.1, 0.15) is 30.3 Å². The lowest BCUT2D eigenvalue weighted by atomic mass is 9.54. The van der Waals surface area contributed by atoms with Gasteiger partial charge in [-0.2, -0.15) is 10.4 Å². The van der Waals surface area contributed by atoms with Crippen molar-refractivity contribution in [3.63, 3.8) is 0 Å². The Balaban J connectivity index is 1.09. The molecule has 4 radical (unpaired) electrons. The van der Waals surface area contributed by atoms with Crippen LogP contribution in [0.2, 0.25) is 0 Å². The molecule has 4 fully saturated rings. The maximum absolute atomic E-state index is 9.75. The van der Waals surface area contributed by atoms with Crippen LogP contribution in [0.3, 0.4) is 0 Å². The first kappa shape index (κ1) is 27.7. The summed E-state index contributed by atoms with van der Waals surface area (Å²) in [4.78, 5) is 13.6. The fourth-order valence-electron chi connectivity index (χ4n) is 6.41. The van der Waals surface area contributed by atoms with Gasteiger partial charge in [-0.25, -0.2) is 14.5 Å². The maximum Gasteiger partial charge on any atom is 0.212 e. The van der Waals surface area contributed by atoms with Crippen molar-refractivity contribution >= 4 is 27.0 Å². The van der Waals surface area contributed by atoms with Gasteiger partial charge in [0.05, 0.1) is 52.9 Å². The molecule has 4 aliphatic heterocycles. The van der Waals surface area contributed by atoms with E-state index < -0.39 is 5.34 Å². The summed E-state index contributed by atoms with van der Waals surface area (Å²) in [5.41, 5.74) is 3.64. The predicted molar refractivity (Wildman–Crippen MR) is 161 cm³/mol. The molecule has 2 bridgehead atoms. The van der Waals surface area contributed by atoms with Crippen LogP contribution in [-0.2, 0) is 10.1 Å². The molecule has 4 aromatic heterocycles. The highest BCUT2D eigenvalue weighted by molar-refractivity contribution is 6.39. The van der Waals surface area contributed by atoms with Crippen molar-refractivity contribution < 1.29 is 14.2 Å². The molecular weight excluding hydrogens is 542 g/mol. The second-order valence-corrected chi connectivity index (χ2v) is 11.2. The fraction of sp³-hybridized carbons (Fsp3) is 0.400. The lowest BCUT2D eigenvalue weighted by Crippen LogP contribution is -2.74. The molecule has 13 heteroatoms. The number of piperidine rings is 1. The van der Waals surface area contributed by atoms with Gasteiger partial charge in [-0.05, 0) is 35.5 Å². The van der Waals surface area contributed by atoms with Crippen LogP contribution < -0.4 is 19.7 Å². The Morgan fingerprint density at radius 3 is 2.67 bits per heavy atom. The summed E-state index contributed by atoms with van der Waals surface area (Å²) in [6.07, 6.45) is 7.89. The van der Waals surface area contributed by atoms with E-state index in [-0.39, 0.29) is 18.2 Å². The van der Waals surface area contributed by atoms with Crippen molar-refractivity contribution in [2.75, 3.05) is 51.4 Å². The minimum atomic E-state index is -1.13. The number of morpholine rings is 1. The van der Waals surface area contributed by atoms with Crippen molar-refractivity contribution in [3.8, 4) is 28.8 Å². The predicted octanol–water partition coefficient (Wildman–Crippen LogP) is 1.45. The summed E-state index contributed by atoms with van der Waals surface area (Å²) in [7, 11) is 14.9. The molecule has 0 saturated carbocycles. The van der Waals surface area contributed by atoms with Crippen LogP contribution in [0, 0.1) is 11.3 Å². The first-order chi connectivity index (χ1) is 20.9. The third-order valence-electron chi connectivity index (χ3n) is 8.56. The molecule has 43 heavy (non-hydrogen) atoms. The van der Waals surface area contributed by atoms with Crippen molar-refractivity contribution in [1.29, 1.82) is 5.26 Å². The number of aromatic nitrogens is 4. The largest absolute Gasteiger partial charge is 0.489 e. The number of nitrogens with one attached hydrogen (secondary N) is 1. The van der Waals surface area contributed by atoms with E-state index in [2.05, 4.69) is 31.3 Å². The molecule has 3 unspecified atom stereocenters. The molecular formula is C30H30B2N8O3. The van der Waals surface area contributed by atoms with Crippen molar-refractivity contribution in [1.82, 2.24) is 29.8 Å². The zero-order valence-corrected chi connectivity index (χ0v) is 23.9. The molecule has 8 heterocycles. The first-order valence-corrected chi connectivity index (χ1v) is 14.4. The SMILES string of the molecule is [B]C([B])(c1ccc(OC)nc1)N1C2CC1CN(c1ccc(-c3cc(OCC4CNCCO4)cn4ncc(C#N)c34)cn1)C2. The highest BCUT2D eigenvalue weighted by Gasteiger charge is 2.50. The molecule has 3 atom stereocenters. The van der Waals surface area contributed by atoms with Crippen LogP contribution in [0.15, 0.2) is 55.1 Å². The Kier molecular flexibility index (Phi) is 7.21. The number of methoxy groups -OCH3 is 1. The summed E-state index contributed by atoms with van der Waals surface area (Å²) in [6.45, 7) is 4.19. The van der Waals surface area contributed by atoms with Gasteiger partial charge in [0.25, 0.3) is 0 Å². The first-order valence-electron chi connectivity index (χ1n) is 14.4. The van der Waals surface area contributed by atoms with E-state index in [0.29, 0.717) is 35.9 Å². The summed E-state index contributed by atoms with van der Waals surface area (Å²) >= 11 is 0. The molecule has 1 N–H and O–H groups in total. The van der Waals surface area contributed by atoms with Crippen LogP contribution >= 0.6 is 0 Å². The van der Waals surface area contributed by atoms with Crippen molar-refractivity contribution in [3.05, 3.63) is 66.2 Å². The zero-order valence-electron chi connectivity index (χ0n) is 23.9. The third kappa shape index (κ3) is 5.09. The fourth-order valence-corrected chi connectivity index (χ4v) is 6.41. The minimum Gasteiger partial charge on any atom is -0.489 e. The number of ether oxygens (including phenoxy) is 3. The monoisotopic (exact) mass is 572 g/mol. The van der Waals surface area contributed by atoms with Crippen LogP contribution in [0.25, 0.3) is 16.6 Å². The van der Waals surface area contributed by atoms with Gasteiger partial charge in [0.15, 0.2) is 0 Å². The number of nitriles is 1. The maximum atomic E-state index is 9.75. The number of piperazine rings is 1. The van der Waals surface area contributed by atoms with E-state index in [1.807, 2.05) is 30.5 Å². The summed E-state index contributed by atoms with van der Waals surface area (Å²) in [6, 6.07) is 12.3. The zero-order chi connectivity index (χ0) is 29.6. The minimum absolute atomic E-state index is 0.0237. The van der Waals surface area contributed by atoms with Gasteiger partial charge >= 0.3 is 0 Å². The van der Waals surface area contributed by atoms with Gasteiger partial charge in [-0.1, -0.05) is 6.07 Å². The molecule has 0 aliphatic carbocycles. The lowest BCUT2D eigenvalue weighted by Gasteiger charge is -2.63. The Hall–Kier alpha value is -4.11. The van der Waals surface area contributed by atoms with Crippen molar-refractivity contribution in [2.24, 2.45) is 0 Å². The van der Waals surface area contributed by atoms with E-state index in [4.69, 9.17) is 34.9 Å². The Bertz CT molecular complexity index is 1640. The average molecular weight is 572 g/mol. The van der Waals surface area contributed by atoms with Crippen LogP contribution in [0.1, 0.15) is 17.5 Å². The topological polar surface area (TPSA) is 113 Å². The van der Waals surface area contributed by atoms with E-state index in [1.54, 1.807) is 36.3 Å².